The zero-order chi connectivity index (χ0) is 25.2. The molecule has 7 aliphatic rings. The van der Waals surface area contributed by atoms with Crippen molar-refractivity contribution in [1.29, 1.82) is 0 Å². The van der Waals surface area contributed by atoms with Crippen LogP contribution in [-0.2, 0) is 23.2 Å². The van der Waals surface area contributed by atoms with Crippen molar-refractivity contribution in [2.24, 2.45) is 11.3 Å². The van der Waals surface area contributed by atoms with Gasteiger partial charge in [0, 0.05) is 42.7 Å². The van der Waals surface area contributed by atoms with E-state index >= 15 is 0 Å². The SMILES string of the molecule is CN(Cc1ccccc1)C(=O)C1=C[C@@]23CC[C@]1(O)[C@@H]1Oc4c(O)ccc5c4[C@@]12CCN(CC1CC1)[C@@H]3C5. The number of hydrogen-bond acceptors (Lipinski definition) is 5. The Kier molecular flexibility index (Phi) is 4.30. The summed E-state index contributed by atoms with van der Waals surface area (Å²) in [6.45, 7) is 2.57. The van der Waals surface area contributed by atoms with Crippen LogP contribution in [0.1, 0.15) is 48.8 Å². The van der Waals surface area contributed by atoms with Gasteiger partial charge in [0.15, 0.2) is 11.5 Å². The van der Waals surface area contributed by atoms with E-state index in [1.54, 1.807) is 11.0 Å². The number of fused-ring (bicyclic) bond motifs is 1. The highest BCUT2D eigenvalue weighted by Crippen LogP contribution is 2.74. The molecule has 1 amide bonds. The monoisotopic (exact) mass is 498 g/mol. The first-order valence-corrected chi connectivity index (χ1v) is 13.9. The van der Waals surface area contributed by atoms with Crippen molar-refractivity contribution < 1.29 is 19.7 Å². The van der Waals surface area contributed by atoms with Gasteiger partial charge in [-0.15, -0.1) is 0 Å². The van der Waals surface area contributed by atoms with E-state index in [-0.39, 0.29) is 23.1 Å². The Bertz CT molecular complexity index is 1350. The van der Waals surface area contributed by atoms with Gasteiger partial charge in [0.05, 0.1) is 5.41 Å². The van der Waals surface area contributed by atoms with Crippen LogP contribution in [0, 0.1) is 11.3 Å². The molecular weight excluding hydrogens is 464 g/mol. The third-order valence-corrected chi connectivity index (χ3v) is 10.7. The Labute approximate surface area is 217 Å². The third-order valence-electron chi connectivity index (χ3n) is 10.7. The first-order valence-electron chi connectivity index (χ1n) is 13.9. The zero-order valence-electron chi connectivity index (χ0n) is 21.3. The Morgan fingerprint density at radius 3 is 2.73 bits per heavy atom. The van der Waals surface area contributed by atoms with E-state index in [1.807, 2.05) is 37.4 Å². The van der Waals surface area contributed by atoms with E-state index in [4.69, 9.17) is 4.74 Å². The molecule has 37 heavy (non-hydrogen) atoms. The second kappa shape index (κ2) is 7.17. The molecule has 2 aromatic rings. The van der Waals surface area contributed by atoms with Crippen LogP contribution in [0.5, 0.6) is 11.5 Å². The quantitative estimate of drug-likeness (QED) is 0.660. The van der Waals surface area contributed by atoms with Gasteiger partial charge in [-0.25, -0.2) is 0 Å². The predicted octanol–water partition coefficient (Wildman–Crippen LogP) is 3.54. The molecule has 9 rings (SSSR count). The number of phenols is 1. The lowest BCUT2D eigenvalue weighted by atomic mass is 9.38. The van der Waals surface area contributed by atoms with Gasteiger partial charge in [0.1, 0.15) is 11.7 Å². The van der Waals surface area contributed by atoms with Crippen LogP contribution in [0.2, 0.25) is 0 Å². The fraction of sp³-hybridized carbons (Fsp3) is 0.516. The van der Waals surface area contributed by atoms with Crippen LogP contribution >= 0.6 is 0 Å². The van der Waals surface area contributed by atoms with E-state index in [0.29, 0.717) is 24.3 Å². The summed E-state index contributed by atoms with van der Waals surface area (Å²) in [7, 11) is 1.82. The number of aromatic hydroxyl groups is 1. The number of amides is 1. The number of nitrogens with zero attached hydrogens (tertiary/aromatic N) is 2. The van der Waals surface area contributed by atoms with Crippen LogP contribution in [-0.4, -0.2) is 63.8 Å². The fourth-order valence-corrected chi connectivity index (χ4v) is 8.94. The van der Waals surface area contributed by atoms with Gasteiger partial charge in [0.2, 0.25) is 0 Å². The summed E-state index contributed by atoms with van der Waals surface area (Å²) in [6, 6.07) is 14.1. The van der Waals surface area contributed by atoms with Gasteiger partial charge in [-0.05, 0) is 68.2 Å². The van der Waals surface area contributed by atoms with Crippen molar-refractivity contribution in [3.8, 4) is 11.5 Å². The molecule has 0 aromatic heterocycles. The molecule has 192 valence electrons. The Balaban J connectivity index is 1.28. The van der Waals surface area contributed by atoms with Crippen molar-refractivity contribution in [3.05, 3.63) is 70.8 Å². The number of rotatable bonds is 5. The maximum atomic E-state index is 14.1. The average Bonchev–Trinajstić information content (AvgIpc) is 3.64. The Morgan fingerprint density at radius 1 is 1.14 bits per heavy atom. The fourth-order valence-electron chi connectivity index (χ4n) is 8.94. The normalized spacial score (nSPS) is 36.5. The number of likely N-dealkylation sites (tertiary alicyclic amines) is 1. The van der Waals surface area contributed by atoms with Crippen LogP contribution in [0.25, 0.3) is 0 Å². The number of phenolic OH excluding ortho intramolecular Hbond substituents is 1. The van der Waals surface area contributed by atoms with Crippen molar-refractivity contribution in [1.82, 2.24) is 9.80 Å². The summed E-state index contributed by atoms with van der Waals surface area (Å²) in [6.07, 6.45) is 7.38. The summed E-state index contributed by atoms with van der Waals surface area (Å²) >= 11 is 0. The molecule has 0 radical (unpaired) electrons. The number of ether oxygens (including phenoxy) is 1. The minimum Gasteiger partial charge on any atom is -0.504 e. The first kappa shape index (κ1) is 22.2. The number of likely N-dealkylation sites (N-methyl/N-ethyl adjacent to an activating group) is 1. The summed E-state index contributed by atoms with van der Waals surface area (Å²) in [5.74, 6) is 1.35. The standard InChI is InChI=1S/C31H34N2O4/c1-32(17-19-5-3-2-4-6-19)27(35)22-16-29-11-12-31(22,36)28-30(29)13-14-33(18-20-7-8-20)24(29)15-21-9-10-23(34)26(37-28)25(21)30/h2-6,9-10,16,20,24,28,34,36H,7-8,11-15,17-18H2,1H3/t24-,28-,29-,30+,31-/m1/s1. The number of benzene rings is 2. The molecule has 2 N–H and O–H groups in total. The summed E-state index contributed by atoms with van der Waals surface area (Å²) in [4.78, 5) is 18.5. The van der Waals surface area contributed by atoms with Gasteiger partial charge in [-0.2, -0.15) is 0 Å². The molecule has 2 saturated carbocycles. The maximum Gasteiger partial charge on any atom is 0.252 e. The van der Waals surface area contributed by atoms with Crippen molar-refractivity contribution in [2.45, 2.75) is 68.2 Å². The van der Waals surface area contributed by atoms with E-state index < -0.39 is 17.1 Å². The number of piperidine rings is 1. The van der Waals surface area contributed by atoms with Crippen LogP contribution in [0.3, 0.4) is 0 Å². The van der Waals surface area contributed by atoms with Crippen molar-refractivity contribution >= 4 is 5.91 Å². The molecule has 6 nitrogen and oxygen atoms in total. The van der Waals surface area contributed by atoms with Gasteiger partial charge in [-0.3, -0.25) is 9.69 Å². The molecule has 6 heteroatoms. The van der Waals surface area contributed by atoms with Crippen LogP contribution in [0.15, 0.2) is 54.1 Å². The lowest BCUT2D eigenvalue weighted by Crippen LogP contribution is -2.78. The summed E-state index contributed by atoms with van der Waals surface area (Å²) in [5.41, 5.74) is 1.82. The van der Waals surface area contributed by atoms with E-state index in [9.17, 15) is 15.0 Å². The molecule has 3 fully saturated rings. The number of carbonyl (C=O) groups is 1. The smallest absolute Gasteiger partial charge is 0.252 e. The zero-order valence-corrected chi connectivity index (χ0v) is 21.3. The third kappa shape index (κ3) is 2.66. The number of carbonyl (C=O) groups excluding carboxylic acids is 1. The van der Waals surface area contributed by atoms with Gasteiger partial charge < -0.3 is 19.8 Å². The average molecular weight is 499 g/mol. The van der Waals surface area contributed by atoms with Crippen molar-refractivity contribution in [2.75, 3.05) is 20.1 Å². The lowest BCUT2D eigenvalue weighted by molar-refractivity contribution is -0.188. The molecule has 4 bridgehead atoms. The second-order valence-corrected chi connectivity index (χ2v) is 12.5. The number of hydrogen-bond donors (Lipinski definition) is 2. The summed E-state index contributed by atoms with van der Waals surface area (Å²) in [5, 5.41) is 23.3. The highest BCUT2D eigenvalue weighted by molar-refractivity contribution is 5.97. The van der Waals surface area contributed by atoms with E-state index in [1.165, 1.54) is 18.4 Å². The highest BCUT2D eigenvalue weighted by Gasteiger charge is 2.78. The Hall–Kier alpha value is -2.83. The predicted molar refractivity (Wildman–Crippen MR) is 138 cm³/mol. The second-order valence-electron chi connectivity index (χ2n) is 12.5. The molecule has 2 heterocycles. The maximum absolute atomic E-state index is 14.1. The van der Waals surface area contributed by atoms with Crippen LogP contribution < -0.4 is 4.74 Å². The summed E-state index contributed by atoms with van der Waals surface area (Å²) < 4.78 is 6.62. The minimum absolute atomic E-state index is 0.123. The van der Waals surface area contributed by atoms with Gasteiger partial charge in [-0.1, -0.05) is 42.5 Å². The lowest BCUT2D eigenvalue weighted by Gasteiger charge is -2.70. The molecule has 5 aliphatic carbocycles. The molecule has 1 saturated heterocycles. The molecule has 0 unspecified atom stereocenters. The minimum atomic E-state index is -1.38. The van der Waals surface area contributed by atoms with E-state index in [2.05, 4.69) is 17.0 Å². The largest absolute Gasteiger partial charge is 0.504 e. The highest BCUT2D eigenvalue weighted by atomic mass is 16.5. The molecule has 5 atom stereocenters. The number of aliphatic hydroxyl groups is 1. The molecule has 2 aliphatic heterocycles. The van der Waals surface area contributed by atoms with Crippen molar-refractivity contribution in [3.63, 3.8) is 0 Å². The topological polar surface area (TPSA) is 73.2 Å². The van der Waals surface area contributed by atoms with Gasteiger partial charge in [0.25, 0.3) is 5.91 Å². The molecule has 2 spiro atoms. The Morgan fingerprint density at radius 2 is 1.95 bits per heavy atom. The van der Waals surface area contributed by atoms with Crippen LogP contribution in [0.4, 0.5) is 0 Å². The molecule has 2 aromatic carbocycles. The van der Waals surface area contributed by atoms with E-state index in [0.717, 1.165) is 49.4 Å². The van der Waals surface area contributed by atoms with Gasteiger partial charge >= 0.3 is 0 Å². The molecular formula is C31H34N2O4. The first-order chi connectivity index (χ1) is 17.9.